The van der Waals surface area contributed by atoms with Gasteiger partial charge in [0.2, 0.25) is 0 Å². The molecule has 0 amide bonds. The van der Waals surface area contributed by atoms with Gasteiger partial charge in [-0.2, -0.15) is 0 Å². The second-order valence-corrected chi connectivity index (χ2v) is 16.2. The first-order valence-corrected chi connectivity index (χ1v) is 21.3. The summed E-state index contributed by atoms with van der Waals surface area (Å²) in [6, 6.07) is 64.5. The van der Waals surface area contributed by atoms with Gasteiger partial charge in [0.05, 0.1) is 50.3 Å². The van der Waals surface area contributed by atoms with E-state index in [1.54, 1.807) is 0 Å². The van der Waals surface area contributed by atoms with Gasteiger partial charge in [0.25, 0.3) is 0 Å². The van der Waals surface area contributed by atoms with E-state index < -0.39 is 0 Å². The van der Waals surface area contributed by atoms with Crippen LogP contribution >= 0.6 is 0 Å². The van der Waals surface area contributed by atoms with Crippen molar-refractivity contribution >= 4 is 87.5 Å². The van der Waals surface area contributed by atoms with Crippen LogP contribution in [0.1, 0.15) is 0 Å². The number of pyridine rings is 1. The van der Waals surface area contributed by atoms with Gasteiger partial charge in [0.1, 0.15) is 28.1 Å². The van der Waals surface area contributed by atoms with E-state index in [0.717, 1.165) is 110 Å². The van der Waals surface area contributed by atoms with E-state index in [1.165, 1.54) is 0 Å². The number of benzene rings is 8. The molecule has 0 aliphatic heterocycles. The molecule has 0 spiro atoms. The third-order valence-corrected chi connectivity index (χ3v) is 12.6. The van der Waals surface area contributed by atoms with Gasteiger partial charge in [-0.1, -0.05) is 133 Å². The van der Waals surface area contributed by atoms with Crippen LogP contribution in [0.4, 0.5) is 0 Å². The highest BCUT2D eigenvalue weighted by molar-refractivity contribution is 6.26. The maximum absolute atomic E-state index is 6.52. The summed E-state index contributed by atoms with van der Waals surface area (Å²) in [6.07, 6.45) is 1.98. The highest BCUT2D eigenvalue weighted by Crippen LogP contribution is 2.44. The van der Waals surface area contributed by atoms with Gasteiger partial charge >= 0.3 is 0 Å². The summed E-state index contributed by atoms with van der Waals surface area (Å²) in [5, 5.41) is 8.59. The molecule has 0 atom stereocenters. The van der Waals surface area contributed by atoms with Crippen LogP contribution in [0.2, 0.25) is 0 Å². The number of fused-ring (bicyclic) bond motifs is 14. The number of furan rings is 2. The molecule has 6 aromatic heterocycles. The predicted octanol–water partition coefficient (Wildman–Crippen LogP) is 14.3. The number of para-hydroxylation sites is 4. The minimum atomic E-state index is 0.492. The average Bonchev–Trinajstić information content (AvgIpc) is 4.12. The van der Waals surface area contributed by atoms with E-state index in [9.17, 15) is 0 Å². The van der Waals surface area contributed by atoms with Crippen LogP contribution < -0.4 is 0 Å². The summed E-state index contributed by atoms with van der Waals surface area (Å²) in [7, 11) is 0. The molecule has 0 N–H and O–H groups in total. The summed E-state index contributed by atoms with van der Waals surface area (Å²) in [6.45, 7) is 0. The lowest BCUT2D eigenvalue weighted by atomic mass is 10.1. The van der Waals surface area contributed by atoms with E-state index >= 15 is 0 Å². The molecule has 0 aliphatic rings. The van der Waals surface area contributed by atoms with Crippen LogP contribution in [0.5, 0.6) is 0 Å². The van der Waals surface area contributed by atoms with Crippen LogP contribution in [0.3, 0.4) is 0 Å². The summed E-state index contributed by atoms with van der Waals surface area (Å²) in [5.41, 5.74) is 10.7. The Labute approximate surface area is 363 Å². The fourth-order valence-corrected chi connectivity index (χ4v) is 9.86. The first kappa shape index (κ1) is 34.8. The lowest BCUT2D eigenvalue weighted by Crippen LogP contribution is -2.07. The van der Waals surface area contributed by atoms with Gasteiger partial charge < -0.3 is 13.4 Å². The van der Waals surface area contributed by atoms with E-state index in [2.05, 4.69) is 112 Å². The van der Waals surface area contributed by atoms with Crippen molar-refractivity contribution in [2.24, 2.45) is 0 Å². The predicted molar refractivity (Wildman–Crippen MR) is 257 cm³/mol. The molecular formula is C56H32N6O2. The fraction of sp³-hybridized carbons (Fsp3) is 0. The van der Waals surface area contributed by atoms with Crippen molar-refractivity contribution in [3.63, 3.8) is 0 Å². The molecule has 6 heterocycles. The number of hydrogen-bond donors (Lipinski definition) is 0. The van der Waals surface area contributed by atoms with E-state index in [0.29, 0.717) is 23.3 Å². The van der Waals surface area contributed by atoms with Crippen molar-refractivity contribution in [1.29, 1.82) is 0 Å². The SMILES string of the molecule is c1ccc(-c2nc(-c3ccccc3)nc(-c3cc(-n4c5ccccc5c5ccc6oc7ccccc7c6c54)cnc3-n3c4ccccc4c4ccc5oc6ccccc6c5c43)n2)cc1. The molecule has 8 aromatic carbocycles. The van der Waals surface area contributed by atoms with E-state index in [-0.39, 0.29) is 0 Å². The topological polar surface area (TPSA) is 87.7 Å². The maximum atomic E-state index is 6.52. The highest BCUT2D eigenvalue weighted by Gasteiger charge is 2.26. The molecule has 0 saturated carbocycles. The van der Waals surface area contributed by atoms with E-state index in [1.807, 2.05) is 91.1 Å². The normalized spacial score (nSPS) is 12.1. The Balaban J connectivity index is 1.15. The summed E-state index contributed by atoms with van der Waals surface area (Å²) < 4.78 is 17.6. The lowest BCUT2D eigenvalue weighted by Gasteiger charge is -2.16. The molecule has 0 bridgehead atoms. The molecule has 0 unspecified atom stereocenters. The number of aromatic nitrogens is 6. The zero-order valence-electron chi connectivity index (χ0n) is 34.0. The monoisotopic (exact) mass is 820 g/mol. The van der Waals surface area contributed by atoms with Crippen LogP contribution in [0.25, 0.3) is 133 Å². The summed E-state index contributed by atoms with van der Waals surface area (Å²) >= 11 is 0. The fourth-order valence-electron chi connectivity index (χ4n) is 9.86. The molecule has 0 radical (unpaired) electrons. The van der Waals surface area contributed by atoms with Gasteiger partial charge in [0, 0.05) is 43.4 Å². The van der Waals surface area contributed by atoms with Gasteiger partial charge in [-0.15, -0.1) is 0 Å². The molecule has 0 fully saturated rings. The Kier molecular flexibility index (Phi) is 7.23. The van der Waals surface area contributed by atoms with Gasteiger partial charge in [0.15, 0.2) is 17.5 Å². The second kappa shape index (κ2) is 13.3. The first-order valence-electron chi connectivity index (χ1n) is 21.3. The van der Waals surface area contributed by atoms with Crippen molar-refractivity contribution in [3.05, 3.63) is 194 Å². The quantitative estimate of drug-likeness (QED) is 0.172. The smallest absolute Gasteiger partial charge is 0.167 e. The minimum absolute atomic E-state index is 0.492. The van der Waals surface area contributed by atoms with Crippen molar-refractivity contribution in [1.82, 2.24) is 29.1 Å². The maximum Gasteiger partial charge on any atom is 0.167 e. The molecule has 14 rings (SSSR count). The number of nitrogens with zero attached hydrogens (tertiary/aromatic N) is 6. The average molecular weight is 821 g/mol. The van der Waals surface area contributed by atoms with Crippen molar-refractivity contribution < 1.29 is 8.83 Å². The van der Waals surface area contributed by atoms with Crippen LogP contribution in [-0.4, -0.2) is 29.1 Å². The minimum Gasteiger partial charge on any atom is -0.456 e. The Hall–Kier alpha value is -8.88. The third-order valence-electron chi connectivity index (χ3n) is 12.6. The summed E-state index contributed by atoms with van der Waals surface area (Å²) in [4.78, 5) is 21.3. The molecular weight excluding hydrogens is 789 g/mol. The number of hydrogen-bond acceptors (Lipinski definition) is 6. The third kappa shape index (κ3) is 4.99. The molecule has 8 nitrogen and oxygen atoms in total. The van der Waals surface area contributed by atoms with Crippen LogP contribution in [-0.2, 0) is 0 Å². The molecule has 0 saturated heterocycles. The zero-order valence-corrected chi connectivity index (χ0v) is 34.0. The van der Waals surface area contributed by atoms with Gasteiger partial charge in [-0.3, -0.25) is 4.57 Å². The van der Waals surface area contributed by atoms with E-state index in [4.69, 9.17) is 28.8 Å². The Morgan fingerprint density at radius 3 is 1.38 bits per heavy atom. The van der Waals surface area contributed by atoms with Crippen LogP contribution in [0.15, 0.2) is 203 Å². The molecule has 298 valence electrons. The Morgan fingerprint density at radius 2 is 0.812 bits per heavy atom. The number of rotatable bonds is 5. The van der Waals surface area contributed by atoms with Gasteiger partial charge in [-0.25, -0.2) is 19.9 Å². The highest BCUT2D eigenvalue weighted by atomic mass is 16.3. The van der Waals surface area contributed by atoms with Crippen molar-refractivity contribution in [2.45, 2.75) is 0 Å². The first-order chi connectivity index (χ1) is 31.7. The second-order valence-electron chi connectivity index (χ2n) is 16.2. The van der Waals surface area contributed by atoms with Crippen molar-refractivity contribution in [3.8, 4) is 45.7 Å². The van der Waals surface area contributed by atoms with Crippen LogP contribution in [0, 0.1) is 0 Å². The lowest BCUT2D eigenvalue weighted by molar-refractivity contribution is 0.669. The van der Waals surface area contributed by atoms with Gasteiger partial charge in [-0.05, 0) is 54.6 Å². The molecule has 0 aliphatic carbocycles. The summed E-state index contributed by atoms with van der Waals surface area (Å²) in [5.74, 6) is 2.30. The zero-order chi connectivity index (χ0) is 41.9. The standard InChI is InChI=1S/C56H32N6O2/c1-3-15-33(16-4-1)53-58-54(34-17-5-2-6-18-34)60-55(59-53)42-31-35(61-43-23-11-7-19-36(43)38-27-29-47-49(51(38)61)40-21-9-13-25-45(40)63-47)32-57-56(42)62-44-24-12-8-20-37(44)39-28-30-48-50(52(39)62)41-22-10-14-26-46(41)64-48/h1-32H. The van der Waals surface area contributed by atoms with Crippen molar-refractivity contribution in [2.75, 3.05) is 0 Å². The molecule has 14 aromatic rings. The molecule has 8 heteroatoms. The Bertz CT molecular complexity index is 4140. The molecule has 64 heavy (non-hydrogen) atoms. The Morgan fingerprint density at radius 1 is 0.359 bits per heavy atom. The largest absolute Gasteiger partial charge is 0.456 e.